The third kappa shape index (κ3) is 1.61. The summed E-state index contributed by atoms with van der Waals surface area (Å²) in [6.45, 7) is 0.714. The maximum Gasteiger partial charge on any atom is 0.323 e. The predicted octanol–water partition coefficient (Wildman–Crippen LogP) is -0.186. The van der Waals surface area contributed by atoms with E-state index in [1.54, 1.807) is 11.9 Å². The van der Waals surface area contributed by atoms with Crippen LogP contribution in [-0.2, 0) is 9.59 Å². The molecule has 1 aliphatic heterocycles. The van der Waals surface area contributed by atoms with Crippen molar-refractivity contribution in [3.63, 3.8) is 0 Å². The number of rotatable bonds is 3. The van der Waals surface area contributed by atoms with Crippen LogP contribution in [0.5, 0.6) is 0 Å². The van der Waals surface area contributed by atoms with Gasteiger partial charge in [0.1, 0.15) is 5.54 Å². The van der Waals surface area contributed by atoms with Crippen molar-refractivity contribution in [1.82, 2.24) is 10.2 Å². The molecule has 0 radical (unpaired) electrons. The molecular weight excluding hydrogens is 196 g/mol. The van der Waals surface area contributed by atoms with Crippen LogP contribution in [-0.4, -0.2) is 47.1 Å². The molecule has 2 aliphatic rings. The quantitative estimate of drug-likeness (QED) is 0.680. The van der Waals surface area contributed by atoms with Crippen LogP contribution in [0, 0.1) is 0 Å². The fourth-order valence-corrected chi connectivity index (χ4v) is 2.24. The summed E-state index contributed by atoms with van der Waals surface area (Å²) in [7, 11) is 1.75. The SMILES string of the molecule is CN1CCC(NC2(C(=O)O)CCC2)C1=O. The molecule has 1 aliphatic carbocycles. The number of carbonyl (C=O) groups excluding carboxylic acids is 1. The Balaban J connectivity index is 2.02. The van der Waals surface area contributed by atoms with Gasteiger partial charge in [-0.05, 0) is 25.7 Å². The highest BCUT2D eigenvalue weighted by Gasteiger charge is 2.47. The van der Waals surface area contributed by atoms with Gasteiger partial charge in [0.2, 0.25) is 5.91 Å². The van der Waals surface area contributed by atoms with Crippen LogP contribution in [0.2, 0.25) is 0 Å². The number of nitrogens with one attached hydrogen (secondary N) is 1. The zero-order chi connectivity index (χ0) is 11.1. The van der Waals surface area contributed by atoms with Crippen LogP contribution >= 0.6 is 0 Å². The molecule has 5 nitrogen and oxygen atoms in total. The number of aliphatic carboxylic acids is 1. The van der Waals surface area contributed by atoms with Crippen LogP contribution in [0.1, 0.15) is 25.7 Å². The van der Waals surface area contributed by atoms with Gasteiger partial charge in [0.25, 0.3) is 0 Å². The van der Waals surface area contributed by atoms with Crippen molar-refractivity contribution in [2.45, 2.75) is 37.3 Å². The Morgan fingerprint density at radius 1 is 1.60 bits per heavy atom. The highest BCUT2D eigenvalue weighted by Crippen LogP contribution is 2.33. The molecule has 84 valence electrons. The van der Waals surface area contributed by atoms with Crippen molar-refractivity contribution < 1.29 is 14.7 Å². The number of carboxylic acid groups (broad SMARTS) is 1. The third-order valence-electron chi connectivity index (χ3n) is 3.49. The summed E-state index contributed by atoms with van der Waals surface area (Å²) in [4.78, 5) is 24.4. The predicted molar refractivity (Wildman–Crippen MR) is 53.4 cm³/mol. The molecule has 1 saturated heterocycles. The lowest BCUT2D eigenvalue weighted by molar-refractivity contribution is -0.149. The minimum absolute atomic E-state index is 0.0162. The number of nitrogens with zero attached hydrogens (tertiary/aromatic N) is 1. The van der Waals surface area contributed by atoms with Crippen LogP contribution in [0.25, 0.3) is 0 Å². The Labute approximate surface area is 88.4 Å². The topological polar surface area (TPSA) is 69.6 Å². The first-order chi connectivity index (χ1) is 7.05. The van der Waals surface area contributed by atoms with Crippen LogP contribution in [0.4, 0.5) is 0 Å². The highest BCUT2D eigenvalue weighted by molar-refractivity contribution is 5.86. The van der Waals surface area contributed by atoms with Crippen molar-refractivity contribution in [1.29, 1.82) is 0 Å². The highest BCUT2D eigenvalue weighted by atomic mass is 16.4. The smallest absolute Gasteiger partial charge is 0.323 e. The Bertz CT molecular complexity index is 299. The number of amides is 1. The summed E-state index contributed by atoms with van der Waals surface area (Å²) in [6.07, 6.45) is 2.91. The second kappa shape index (κ2) is 3.48. The molecule has 1 saturated carbocycles. The van der Waals surface area contributed by atoms with E-state index in [2.05, 4.69) is 5.32 Å². The zero-order valence-electron chi connectivity index (χ0n) is 8.82. The fourth-order valence-electron chi connectivity index (χ4n) is 2.24. The van der Waals surface area contributed by atoms with Gasteiger partial charge in [0.15, 0.2) is 0 Å². The van der Waals surface area contributed by atoms with Crippen molar-refractivity contribution in [2.24, 2.45) is 0 Å². The number of carbonyl (C=O) groups is 2. The van der Waals surface area contributed by atoms with Gasteiger partial charge in [-0.15, -0.1) is 0 Å². The third-order valence-corrected chi connectivity index (χ3v) is 3.49. The molecule has 1 atom stereocenters. The molecule has 15 heavy (non-hydrogen) atoms. The first-order valence-electron chi connectivity index (χ1n) is 5.31. The summed E-state index contributed by atoms with van der Waals surface area (Å²) >= 11 is 0. The summed E-state index contributed by atoms with van der Waals surface area (Å²) < 4.78 is 0. The molecule has 2 rings (SSSR count). The maximum absolute atomic E-state index is 11.6. The first-order valence-corrected chi connectivity index (χ1v) is 5.31. The minimum atomic E-state index is -0.828. The Morgan fingerprint density at radius 3 is 2.60 bits per heavy atom. The zero-order valence-corrected chi connectivity index (χ0v) is 8.82. The molecule has 1 heterocycles. The number of hydrogen-bond acceptors (Lipinski definition) is 3. The molecule has 0 aromatic carbocycles. The minimum Gasteiger partial charge on any atom is -0.480 e. The van der Waals surface area contributed by atoms with Gasteiger partial charge in [-0.3, -0.25) is 14.9 Å². The molecule has 0 spiro atoms. The van der Waals surface area contributed by atoms with E-state index in [1.165, 1.54) is 0 Å². The fraction of sp³-hybridized carbons (Fsp3) is 0.800. The number of likely N-dealkylation sites (N-methyl/N-ethyl adjacent to an activating group) is 1. The summed E-state index contributed by atoms with van der Waals surface area (Å²) in [5, 5.41) is 12.1. The lowest BCUT2D eigenvalue weighted by Gasteiger charge is -2.40. The van der Waals surface area contributed by atoms with Gasteiger partial charge in [-0.25, -0.2) is 0 Å². The largest absolute Gasteiger partial charge is 0.480 e. The number of hydrogen-bond donors (Lipinski definition) is 2. The molecule has 0 aromatic rings. The maximum atomic E-state index is 11.6. The second-order valence-electron chi connectivity index (χ2n) is 4.49. The van der Waals surface area contributed by atoms with E-state index >= 15 is 0 Å². The van der Waals surface area contributed by atoms with E-state index in [4.69, 9.17) is 5.11 Å². The molecule has 5 heteroatoms. The average molecular weight is 212 g/mol. The molecule has 1 unspecified atom stereocenters. The molecule has 2 fully saturated rings. The van der Waals surface area contributed by atoms with Crippen LogP contribution in [0.3, 0.4) is 0 Å². The van der Waals surface area contributed by atoms with Crippen LogP contribution < -0.4 is 5.32 Å². The van der Waals surface area contributed by atoms with E-state index < -0.39 is 11.5 Å². The lowest BCUT2D eigenvalue weighted by atomic mass is 9.76. The Kier molecular flexibility index (Phi) is 2.42. The van der Waals surface area contributed by atoms with E-state index in [0.29, 0.717) is 25.8 Å². The van der Waals surface area contributed by atoms with E-state index in [9.17, 15) is 9.59 Å². The first kappa shape index (κ1) is 10.4. The van der Waals surface area contributed by atoms with Crippen molar-refractivity contribution in [3.05, 3.63) is 0 Å². The van der Waals surface area contributed by atoms with Gasteiger partial charge >= 0.3 is 5.97 Å². The van der Waals surface area contributed by atoms with Crippen molar-refractivity contribution >= 4 is 11.9 Å². The van der Waals surface area contributed by atoms with Gasteiger partial charge in [0.05, 0.1) is 6.04 Å². The lowest BCUT2D eigenvalue weighted by Crippen LogP contribution is -2.61. The van der Waals surface area contributed by atoms with Gasteiger partial charge in [-0.2, -0.15) is 0 Å². The van der Waals surface area contributed by atoms with E-state index in [-0.39, 0.29) is 11.9 Å². The normalized spacial score (nSPS) is 29.0. The van der Waals surface area contributed by atoms with Gasteiger partial charge in [-0.1, -0.05) is 0 Å². The molecule has 2 N–H and O–H groups in total. The van der Waals surface area contributed by atoms with E-state index in [0.717, 1.165) is 6.42 Å². The summed E-state index contributed by atoms with van der Waals surface area (Å²) in [6, 6.07) is -0.300. The molecule has 0 aromatic heterocycles. The summed E-state index contributed by atoms with van der Waals surface area (Å²) in [5.41, 5.74) is -0.828. The van der Waals surface area contributed by atoms with E-state index in [1.807, 2.05) is 0 Å². The number of likely N-dealkylation sites (tertiary alicyclic amines) is 1. The van der Waals surface area contributed by atoms with Crippen molar-refractivity contribution in [2.75, 3.05) is 13.6 Å². The van der Waals surface area contributed by atoms with Crippen LogP contribution in [0.15, 0.2) is 0 Å². The van der Waals surface area contributed by atoms with Crippen molar-refractivity contribution in [3.8, 4) is 0 Å². The molecule has 1 amide bonds. The Hall–Kier alpha value is -1.10. The standard InChI is InChI=1S/C10H16N2O3/c1-12-6-3-7(8(12)13)11-10(9(14)15)4-2-5-10/h7,11H,2-6H2,1H3,(H,14,15). The summed E-state index contributed by atoms with van der Waals surface area (Å²) in [5.74, 6) is -0.807. The average Bonchev–Trinajstić information content (AvgIpc) is 2.41. The molecule has 0 bridgehead atoms. The Morgan fingerprint density at radius 2 is 2.27 bits per heavy atom. The van der Waals surface area contributed by atoms with Gasteiger partial charge < -0.3 is 10.0 Å². The number of carboxylic acids is 1. The molecular formula is C10H16N2O3. The monoisotopic (exact) mass is 212 g/mol. The van der Waals surface area contributed by atoms with Gasteiger partial charge in [0, 0.05) is 13.6 Å². The second-order valence-corrected chi connectivity index (χ2v) is 4.49.